The highest BCUT2D eigenvalue weighted by Gasteiger charge is 2.25. The summed E-state index contributed by atoms with van der Waals surface area (Å²) in [5.74, 6) is 1.66. The number of hydrogen-bond donors (Lipinski definition) is 2. The summed E-state index contributed by atoms with van der Waals surface area (Å²) in [6.07, 6.45) is 7.78. The lowest BCUT2D eigenvalue weighted by Gasteiger charge is -2.31. The van der Waals surface area contributed by atoms with Crippen molar-refractivity contribution in [1.29, 1.82) is 0 Å². The number of aryl methyl sites for hydroxylation is 2. The van der Waals surface area contributed by atoms with Crippen LogP contribution >= 0.6 is 23.5 Å². The minimum absolute atomic E-state index is 0.466. The number of benzene rings is 2. The van der Waals surface area contributed by atoms with E-state index in [-0.39, 0.29) is 0 Å². The summed E-state index contributed by atoms with van der Waals surface area (Å²) in [5.41, 5.74) is 5.54. The predicted octanol–water partition coefficient (Wildman–Crippen LogP) is 7.04. The van der Waals surface area contributed by atoms with Crippen molar-refractivity contribution in [3.05, 3.63) is 71.0 Å². The first-order valence-electron chi connectivity index (χ1n) is 13.3. The van der Waals surface area contributed by atoms with Gasteiger partial charge >= 0.3 is 5.95 Å². The maximum Gasteiger partial charge on any atom is 0.389 e. The van der Waals surface area contributed by atoms with Crippen molar-refractivity contribution < 1.29 is 4.98 Å². The van der Waals surface area contributed by atoms with Gasteiger partial charge in [0.15, 0.2) is 5.52 Å². The highest BCUT2D eigenvalue weighted by atomic mass is 35.5. The molecule has 2 aromatic carbocycles. The van der Waals surface area contributed by atoms with Crippen LogP contribution in [-0.2, 0) is 6.42 Å². The second-order valence-electron chi connectivity index (χ2n) is 10.3. The molecular weight excluding hydrogens is 512 g/mol. The highest BCUT2D eigenvalue weighted by molar-refractivity contribution is 8.00. The first-order valence-corrected chi connectivity index (χ1v) is 14.5. The molecule has 1 aliphatic carbocycles. The molecule has 1 fully saturated rings. The summed E-state index contributed by atoms with van der Waals surface area (Å²) in [6.45, 7) is 4.25. The van der Waals surface area contributed by atoms with E-state index in [2.05, 4.69) is 72.3 Å². The molecule has 0 bridgehead atoms. The van der Waals surface area contributed by atoms with E-state index in [9.17, 15) is 0 Å². The third kappa shape index (κ3) is 6.06. The molecule has 0 amide bonds. The molecule has 4 aromatic rings. The van der Waals surface area contributed by atoms with Gasteiger partial charge in [0.2, 0.25) is 0 Å². The number of hydrogen-bond acceptors (Lipinski definition) is 6. The van der Waals surface area contributed by atoms with Crippen LogP contribution in [0, 0.1) is 6.92 Å². The van der Waals surface area contributed by atoms with Crippen molar-refractivity contribution in [2.75, 3.05) is 24.1 Å². The van der Waals surface area contributed by atoms with Gasteiger partial charge in [-0.2, -0.15) is 0 Å². The van der Waals surface area contributed by atoms with E-state index < -0.39 is 0 Å². The summed E-state index contributed by atoms with van der Waals surface area (Å²) in [6, 6.07) is 17.6. The van der Waals surface area contributed by atoms with Crippen LogP contribution in [0.4, 0.5) is 11.8 Å². The number of nitrogens with zero attached hydrogens (tertiary/aromatic N) is 3. The predicted molar refractivity (Wildman–Crippen MR) is 160 cm³/mol. The van der Waals surface area contributed by atoms with Gasteiger partial charge in [-0.25, -0.2) is 9.97 Å². The molecule has 3 N–H and O–H groups in total. The molecule has 0 unspecified atom stereocenters. The standard InChI is InChI=1S/C30H35ClN6S/c1-5-20-16-21(25-14-15-28(33-19(25)2)36-38-27-9-7-6-8-26(27)31)17-22-18-32-30(35-29(20)22)34-23-10-12-24(13-11-23)37(3)4/h6-9,14-18,23-24H,5,10-13H2,1-4H3,(H,33,36)(H,32,34,35)/p+1. The topological polar surface area (TPSA) is 67.2 Å². The number of pyridine rings is 1. The van der Waals surface area contributed by atoms with E-state index >= 15 is 0 Å². The highest BCUT2D eigenvalue weighted by Crippen LogP contribution is 2.32. The van der Waals surface area contributed by atoms with Gasteiger partial charge in [0.25, 0.3) is 0 Å². The summed E-state index contributed by atoms with van der Waals surface area (Å²) in [4.78, 5) is 16.6. The molecule has 8 heteroatoms. The lowest BCUT2D eigenvalue weighted by molar-refractivity contribution is -0.363. The molecule has 2 aromatic heterocycles. The van der Waals surface area contributed by atoms with Crippen LogP contribution in [0.3, 0.4) is 0 Å². The third-order valence-corrected chi connectivity index (χ3v) is 8.78. The van der Waals surface area contributed by atoms with Crippen molar-refractivity contribution in [3.8, 4) is 11.1 Å². The van der Waals surface area contributed by atoms with Gasteiger partial charge in [-0.15, -0.1) is 0 Å². The van der Waals surface area contributed by atoms with Crippen molar-refractivity contribution in [2.24, 2.45) is 0 Å². The van der Waals surface area contributed by atoms with Gasteiger partial charge in [0.05, 0.1) is 17.3 Å². The van der Waals surface area contributed by atoms with Gasteiger partial charge in [-0.3, -0.25) is 5.32 Å². The first-order chi connectivity index (χ1) is 18.4. The van der Waals surface area contributed by atoms with E-state index in [1.807, 2.05) is 30.3 Å². The van der Waals surface area contributed by atoms with Crippen LogP contribution in [0.2, 0.25) is 5.02 Å². The second kappa shape index (κ2) is 11.9. The van der Waals surface area contributed by atoms with Crippen molar-refractivity contribution >= 4 is 46.2 Å². The Labute approximate surface area is 234 Å². The maximum absolute atomic E-state index is 6.28. The Kier molecular flexibility index (Phi) is 8.36. The summed E-state index contributed by atoms with van der Waals surface area (Å²) < 4.78 is 3.32. The number of halogens is 1. The van der Waals surface area contributed by atoms with Crippen LogP contribution in [0.1, 0.15) is 43.9 Å². The van der Waals surface area contributed by atoms with E-state index in [1.165, 1.54) is 43.2 Å². The molecule has 0 radical (unpaired) electrons. The molecule has 5 rings (SSSR count). The normalized spacial score (nSPS) is 17.6. The molecule has 0 atom stereocenters. The Bertz CT molecular complexity index is 1420. The van der Waals surface area contributed by atoms with Gasteiger partial charge in [0.1, 0.15) is 5.82 Å². The van der Waals surface area contributed by atoms with Gasteiger partial charge < -0.3 is 9.62 Å². The third-order valence-electron chi connectivity index (χ3n) is 7.45. The molecule has 0 saturated heterocycles. The number of aromatic amines is 1. The zero-order valence-corrected chi connectivity index (χ0v) is 24.1. The molecule has 198 valence electrons. The molecule has 1 aliphatic rings. The monoisotopic (exact) mass is 547 g/mol. The number of nitrogens with one attached hydrogen (secondary N) is 3. The minimum Gasteiger partial charge on any atom is -0.310 e. The Morgan fingerprint density at radius 1 is 1.05 bits per heavy atom. The van der Waals surface area contributed by atoms with Crippen molar-refractivity contribution in [1.82, 2.24) is 14.9 Å². The number of anilines is 2. The number of rotatable bonds is 8. The Balaban J connectivity index is 1.33. The van der Waals surface area contributed by atoms with Crippen LogP contribution in [0.5, 0.6) is 0 Å². The van der Waals surface area contributed by atoms with Crippen LogP contribution in [-0.4, -0.2) is 41.0 Å². The van der Waals surface area contributed by atoms with E-state index in [1.54, 1.807) is 0 Å². The summed E-state index contributed by atoms with van der Waals surface area (Å²) in [7, 11) is 4.36. The quantitative estimate of drug-likeness (QED) is 0.231. The largest absolute Gasteiger partial charge is 0.389 e. The van der Waals surface area contributed by atoms with E-state index in [4.69, 9.17) is 21.6 Å². The van der Waals surface area contributed by atoms with Gasteiger partial charge in [-0.1, -0.05) is 35.6 Å². The fourth-order valence-electron chi connectivity index (χ4n) is 5.24. The zero-order chi connectivity index (χ0) is 26.6. The number of aromatic nitrogens is 3. The molecule has 38 heavy (non-hydrogen) atoms. The SMILES string of the molecule is CCc1cc(-c2ccc(NSc3ccccc3Cl)nc2C)cc2c[nH+]c(NC3CCC(N(C)C)CC3)nc12. The Morgan fingerprint density at radius 2 is 1.84 bits per heavy atom. The molecule has 6 nitrogen and oxygen atoms in total. The van der Waals surface area contributed by atoms with Crippen LogP contribution in [0.25, 0.3) is 22.0 Å². The molecule has 0 aliphatic heterocycles. The molecule has 0 spiro atoms. The zero-order valence-electron chi connectivity index (χ0n) is 22.5. The minimum atomic E-state index is 0.466. The first kappa shape index (κ1) is 26.7. The molecular formula is C30H36ClN6S+. The lowest BCUT2D eigenvalue weighted by Crippen LogP contribution is -2.37. The fourth-order valence-corrected chi connectivity index (χ4v) is 6.13. The average molecular weight is 548 g/mol. The van der Waals surface area contributed by atoms with E-state index in [0.29, 0.717) is 12.1 Å². The summed E-state index contributed by atoms with van der Waals surface area (Å²) >= 11 is 7.75. The smallest absolute Gasteiger partial charge is 0.310 e. The average Bonchev–Trinajstić information content (AvgIpc) is 2.92. The van der Waals surface area contributed by atoms with Crippen LogP contribution < -0.4 is 15.0 Å². The maximum atomic E-state index is 6.28. The van der Waals surface area contributed by atoms with Crippen molar-refractivity contribution in [3.63, 3.8) is 0 Å². The molecule has 1 saturated carbocycles. The fraction of sp³-hybridized carbons (Fsp3) is 0.367. The van der Waals surface area contributed by atoms with E-state index in [0.717, 1.165) is 55.8 Å². The summed E-state index contributed by atoms with van der Waals surface area (Å²) in [5, 5.41) is 5.49. The number of fused-ring (bicyclic) bond motifs is 1. The van der Waals surface area contributed by atoms with Crippen LogP contribution in [0.15, 0.2) is 59.6 Å². The van der Waals surface area contributed by atoms with Crippen molar-refractivity contribution in [2.45, 2.75) is 62.9 Å². The molecule has 2 heterocycles. The van der Waals surface area contributed by atoms with Gasteiger partial charge in [0, 0.05) is 27.6 Å². The Hall–Kier alpha value is -2.87. The second-order valence-corrected chi connectivity index (χ2v) is 11.5. The number of H-pyrrole nitrogens is 1. The lowest BCUT2D eigenvalue weighted by atomic mass is 9.90. The Morgan fingerprint density at radius 3 is 2.55 bits per heavy atom. The van der Waals surface area contributed by atoms with Gasteiger partial charge in [-0.05, 0) is 113 Å².